The van der Waals surface area contributed by atoms with Crippen LogP contribution in [0.4, 0.5) is 0 Å². The minimum Gasteiger partial charge on any atom is -0.296 e. The lowest BCUT2D eigenvalue weighted by atomic mass is 9.87. The molecule has 0 saturated carbocycles. The fourth-order valence-corrected chi connectivity index (χ4v) is 2.97. The Morgan fingerprint density at radius 1 is 1.22 bits per heavy atom. The Balaban J connectivity index is 2.23. The average molecular weight is 268 g/mol. The lowest BCUT2D eigenvalue weighted by Gasteiger charge is -2.42. The molecule has 1 atom stereocenters. The van der Waals surface area contributed by atoms with Gasteiger partial charge in [0.25, 0.3) is 0 Å². The highest BCUT2D eigenvalue weighted by Gasteiger charge is 2.37. The standard InChI is InChI=1S/C14H22ClN3/c1-14(2,18-9-3-4-10-18)13(17-16)11-5-7-12(15)8-6-11/h5-8,13,17H,3-4,9-10,16H2,1-2H3. The molecule has 1 aliphatic rings. The normalized spacial score (nSPS) is 19.1. The summed E-state index contributed by atoms with van der Waals surface area (Å²) in [6.07, 6.45) is 2.56. The van der Waals surface area contributed by atoms with E-state index in [1.807, 2.05) is 24.3 Å². The summed E-state index contributed by atoms with van der Waals surface area (Å²) >= 11 is 5.94. The van der Waals surface area contributed by atoms with Gasteiger partial charge in [-0.2, -0.15) is 0 Å². The van der Waals surface area contributed by atoms with Crippen LogP contribution in [0.25, 0.3) is 0 Å². The summed E-state index contributed by atoms with van der Waals surface area (Å²) in [6.45, 7) is 6.80. The largest absolute Gasteiger partial charge is 0.296 e. The van der Waals surface area contributed by atoms with Crippen LogP contribution in [0.3, 0.4) is 0 Å². The van der Waals surface area contributed by atoms with Crippen molar-refractivity contribution >= 4 is 11.6 Å². The molecular formula is C14H22ClN3. The van der Waals surface area contributed by atoms with Gasteiger partial charge in [0.2, 0.25) is 0 Å². The third kappa shape index (κ3) is 2.69. The lowest BCUT2D eigenvalue weighted by Crippen LogP contribution is -2.53. The molecule has 0 amide bonds. The summed E-state index contributed by atoms with van der Waals surface area (Å²) in [5.41, 5.74) is 4.15. The van der Waals surface area contributed by atoms with Crippen molar-refractivity contribution in [2.45, 2.75) is 38.3 Å². The van der Waals surface area contributed by atoms with Crippen molar-refractivity contribution in [3.63, 3.8) is 0 Å². The Bertz CT molecular complexity index is 383. The van der Waals surface area contributed by atoms with Crippen molar-refractivity contribution in [3.8, 4) is 0 Å². The molecule has 3 N–H and O–H groups in total. The number of rotatable bonds is 4. The number of benzene rings is 1. The Hall–Kier alpha value is -0.610. The molecule has 0 radical (unpaired) electrons. The second-order valence-electron chi connectivity index (χ2n) is 5.50. The van der Waals surface area contributed by atoms with E-state index in [-0.39, 0.29) is 11.6 Å². The molecule has 1 unspecified atom stereocenters. The molecule has 1 saturated heterocycles. The number of nitrogens with zero attached hydrogens (tertiary/aromatic N) is 1. The molecule has 18 heavy (non-hydrogen) atoms. The first kappa shape index (κ1) is 13.8. The number of likely N-dealkylation sites (tertiary alicyclic amines) is 1. The van der Waals surface area contributed by atoms with E-state index in [0.717, 1.165) is 18.1 Å². The molecule has 4 heteroatoms. The van der Waals surface area contributed by atoms with Crippen molar-refractivity contribution in [2.24, 2.45) is 5.84 Å². The summed E-state index contributed by atoms with van der Waals surface area (Å²) in [5.74, 6) is 5.79. The Labute approximate surface area is 114 Å². The minimum absolute atomic E-state index is 0.000913. The smallest absolute Gasteiger partial charge is 0.0638 e. The Kier molecular flexibility index (Phi) is 4.28. The lowest BCUT2D eigenvalue weighted by molar-refractivity contribution is 0.107. The van der Waals surface area contributed by atoms with Gasteiger partial charge in [0.1, 0.15) is 0 Å². The van der Waals surface area contributed by atoms with Gasteiger partial charge in [-0.05, 0) is 57.5 Å². The van der Waals surface area contributed by atoms with Crippen LogP contribution in [0.15, 0.2) is 24.3 Å². The predicted molar refractivity (Wildman–Crippen MR) is 76.4 cm³/mol. The molecule has 2 rings (SSSR count). The number of nitrogens with one attached hydrogen (secondary N) is 1. The first-order valence-electron chi connectivity index (χ1n) is 6.52. The van der Waals surface area contributed by atoms with Crippen LogP contribution in [0.5, 0.6) is 0 Å². The number of nitrogens with two attached hydrogens (primary N) is 1. The Morgan fingerprint density at radius 2 is 1.78 bits per heavy atom. The highest BCUT2D eigenvalue weighted by atomic mass is 35.5. The highest BCUT2D eigenvalue weighted by molar-refractivity contribution is 6.30. The minimum atomic E-state index is -0.000913. The molecule has 1 aromatic carbocycles. The number of hydrogen-bond donors (Lipinski definition) is 2. The van der Waals surface area contributed by atoms with Gasteiger partial charge in [-0.25, -0.2) is 0 Å². The van der Waals surface area contributed by atoms with Gasteiger partial charge in [0.15, 0.2) is 0 Å². The van der Waals surface area contributed by atoms with Crippen LogP contribution in [-0.2, 0) is 0 Å². The molecule has 0 aliphatic carbocycles. The summed E-state index contributed by atoms with van der Waals surface area (Å²) in [4.78, 5) is 2.51. The number of hydrogen-bond acceptors (Lipinski definition) is 3. The van der Waals surface area contributed by atoms with Crippen LogP contribution in [0.2, 0.25) is 5.02 Å². The topological polar surface area (TPSA) is 41.3 Å². The van der Waals surface area contributed by atoms with Crippen LogP contribution >= 0.6 is 11.6 Å². The van der Waals surface area contributed by atoms with Gasteiger partial charge < -0.3 is 0 Å². The zero-order valence-electron chi connectivity index (χ0n) is 11.1. The second-order valence-corrected chi connectivity index (χ2v) is 5.94. The van der Waals surface area contributed by atoms with E-state index >= 15 is 0 Å². The third-order valence-electron chi connectivity index (χ3n) is 4.00. The van der Waals surface area contributed by atoms with E-state index in [9.17, 15) is 0 Å². The Morgan fingerprint density at radius 3 is 2.28 bits per heavy atom. The average Bonchev–Trinajstić information content (AvgIpc) is 2.86. The maximum atomic E-state index is 5.94. The SMILES string of the molecule is CC(C)(C(NN)c1ccc(Cl)cc1)N1CCCC1. The zero-order chi connectivity index (χ0) is 13.2. The van der Waals surface area contributed by atoms with Crippen LogP contribution in [-0.4, -0.2) is 23.5 Å². The maximum absolute atomic E-state index is 5.94. The molecule has 0 spiro atoms. The summed E-state index contributed by atoms with van der Waals surface area (Å²) in [5, 5.41) is 0.758. The second kappa shape index (κ2) is 5.57. The predicted octanol–water partition coefficient (Wildman–Crippen LogP) is 2.72. The van der Waals surface area contributed by atoms with Crippen LogP contribution in [0.1, 0.15) is 38.3 Å². The van der Waals surface area contributed by atoms with Crippen molar-refractivity contribution < 1.29 is 0 Å². The molecule has 0 aromatic heterocycles. The van der Waals surface area contributed by atoms with Crippen molar-refractivity contribution in [1.82, 2.24) is 10.3 Å². The summed E-state index contributed by atoms with van der Waals surface area (Å²) in [7, 11) is 0. The van der Waals surface area contributed by atoms with Gasteiger partial charge in [-0.15, -0.1) is 0 Å². The molecule has 1 heterocycles. The van der Waals surface area contributed by atoms with Gasteiger partial charge in [-0.1, -0.05) is 23.7 Å². The van der Waals surface area contributed by atoms with Gasteiger partial charge in [0.05, 0.1) is 6.04 Å². The molecule has 1 aliphatic heterocycles. The molecular weight excluding hydrogens is 246 g/mol. The van der Waals surface area contributed by atoms with E-state index in [4.69, 9.17) is 17.4 Å². The van der Waals surface area contributed by atoms with E-state index in [2.05, 4.69) is 24.2 Å². The van der Waals surface area contributed by atoms with Gasteiger partial charge in [-0.3, -0.25) is 16.2 Å². The number of hydrazine groups is 1. The first-order valence-corrected chi connectivity index (χ1v) is 6.90. The summed E-state index contributed by atoms with van der Waals surface area (Å²) < 4.78 is 0. The van der Waals surface area contributed by atoms with E-state index in [0.29, 0.717) is 0 Å². The fourth-order valence-electron chi connectivity index (χ4n) is 2.84. The highest BCUT2D eigenvalue weighted by Crippen LogP contribution is 2.33. The van der Waals surface area contributed by atoms with E-state index < -0.39 is 0 Å². The number of halogens is 1. The molecule has 100 valence electrons. The fraction of sp³-hybridized carbons (Fsp3) is 0.571. The van der Waals surface area contributed by atoms with Gasteiger partial charge >= 0.3 is 0 Å². The van der Waals surface area contributed by atoms with Crippen LogP contribution < -0.4 is 11.3 Å². The van der Waals surface area contributed by atoms with E-state index in [1.165, 1.54) is 18.4 Å². The van der Waals surface area contributed by atoms with Gasteiger partial charge in [0, 0.05) is 10.6 Å². The molecule has 1 fully saturated rings. The van der Waals surface area contributed by atoms with Crippen molar-refractivity contribution in [3.05, 3.63) is 34.9 Å². The van der Waals surface area contributed by atoms with Crippen molar-refractivity contribution in [2.75, 3.05) is 13.1 Å². The molecule has 3 nitrogen and oxygen atoms in total. The van der Waals surface area contributed by atoms with Crippen molar-refractivity contribution in [1.29, 1.82) is 0 Å². The quantitative estimate of drug-likeness (QED) is 0.651. The molecule has 1 aromatic rings. The third-order valence-corrected chi connectivity index (χ3v) is 4.25. The monoisotopic (exact) mass is 267 g/mol. The van der Waals surface area contributed by atoms with E-state index in [1.54, 1.807) is 0 Å². The molecule has 0 bridgehead atoms. The zero-order valence-corrected chi connectivity index (χ0v) is 11.9. The summed E-state index contributed by atoms with van der Waals surface area (Å²) in [6, 6.07) is 8.03. The maximum Gasteiger partial charge on any atom is 0.0638 e. The first-order chi connectivity index (χ1) is 8.55. The van der Waals surface area contributed by atoms with Crippen LogP contribution in [0, 0.1) is 0 Å².